The van der Waals surface area contributed by atoms with E-state index in [1.807, 2.05) is 37.5 Å². The lowest BCUT2D eigenvalue weighted by atomic mass is 10.1. The molecule has 0 atom stereocenters. The molecule has 1 aromatic carbocycles. The van der Waals surface area contributed by atoms with Crippen molar-refractivity contribution >= 4 is 16.5 Å². The van der Waals surface area contributed by atoms with Crippen LogP contribution in [0.3, 0.4) is 0 Å². The lowest BCUT2D eigenvalue weighted by Crippen LogP contribution is -1.89. The molecule has 0 aliphatic rings. The minimum absolute atomic E-state index is 0.826. The minimum atomic E-state index is 0.826. The van der Waals surface area contributed by atoms with Gasteiger partial charge in [0.05, 0.1) is 0 Å². The van der Waals surface area contributed by atoms with Crippen LogP contribution in [-0.2, 0) is 0 Å². The number of pyridine rings is 1. The maximum absolute atomic E-state index is 5.83. The van der Waals surface area contributed by atoms with Gasteiger partial charge in [0, 0.05) is 28.9 Å². The Hall–Kier alpha value is -1.57. The predicted octanol–water partition coefficient (Wildman–Crippen LogP) is 2.13. The zero-order valence-electron chi connectivity index (χ0n) is 6.91. The highest BCUT2D eigenvalue weighted by molar-refractivity contribution is 5.94. The van der Waals surface area contributed by atoms with Crippen molar-refractivity contribution in [2.24, 2.45) is 0 Å². The van der Waals surface area contributed by atoms with Gasteiger partial charge in [-0.15, -0.1) is 0 Å². The summed E-state index contributed by atoms with van der Waals surface area (Å²) in [6.45, 7) is 2.02. The summed E-state index contributed by atoms with van der Waals surface area (Å²) in [7, 11) is 0. The van der Waals surface area contributed by atoms with E-state index in [1.165, 1.54) is 0 Å². The van der Waals surface area contributed by atoms with Crippen LogP contribution in [0.1, 0.15) is 5.56 Å². The van der Waals surface area contributed by atoms with Crippen LogP contribution in [0.5, 0.6) is 0 Å². The number of fused-ring (bicyclic) bond motifs is 1. The number of aromatic nitrogens is 1. The summed E-state index contributed by atoms with van der Waals surface area (Å²) in [6.07, 6.45) is 3.66. The molecule has 2 nitrogen and oxygen atoms in total. The Balaban J connectivity index is 2.96. The van der Waals surface area contributed by atoms with Gasteiger partial charge in [0.15, 0.2) is 0 Å². The van der Waals surface area contributed by atoms with Crippen molar-refractivity contribution in [2.45, 2.75) is 6.92 Å². The standard InChI is InChI=1S/C10H10N2/c1-7-5-12-6-8-3-2-4-9(11)10(7)8/h2-6H,11H2,1H3. The van der Waals surface area contributed by atoms with Crippen LogP contribution in [-0.4, -0.2) is 4.98 Å². The molecule has 60 valence electrons. The van der Waals surface area contributed by atoms with E-state index >= 15 is 0 Å². The molecule has 0 aliphatic carbocycles. The normalized spacial score (nSPS) is 10.4. The summed E-state index contributed by atoms with van der Waals surface area (Å²) in [4.78, 5) is 4.10. The number of rotatable bonds is 0. The Bertz CT molecular complexity index is 384. The average molecular weight is 158 g/mol. The minimum Gasteiger partial charge on any atom is -0.398 e. The molecule has 0 amide bonds. The molecule has 1 aromatic heterocycles. The highest BCUT2D eigenvalue weighted by Crippen LogP contribution is 2.22. The van der Waals surface area contributed by atoms with E-state index < -0.39 is 0 Å². The molecule has 1 heterocycles. The van der Waals surface area contributed by atoms with Gasteiger partial charge in [0.1, 0.15) is 0 Å². The van der Waals surface area contributed by atoms with Crippen LogP contribution in [0.2, 0.25) is 0 Å². The summed E-state index contributed by atoms with van der Waals surface area (Å²) < 4.78 is 0. The van der Waals surface area contributed by atoms with Crippen molar-refractivity contribution in [3.05, 3.63) is 36.2 Å². The van der Waals surface area contributed by atoms with E-state index in [0.29, 0.717) is 0 Å². The molecule has 2 aromatic rings. The predicted molar refractivity (Wildman–Crippen MR) is 50.9 cm³/mol. The molecular formula is C10H10N2. The first-order valence-electron chi connectivity index (χ1n) is 3.88. The Morgan fingerprint density at radius 2 is 2.08 bits per heavy atom. The second-order valence-electron chi connectivity index (χ2n) is 2.90. The number of anilines is 1. The molecular weight excluding hydrogens is 148 g/mol. The number of nitrogen functional groups attached to an aromatic ring is 1. The fraction of sp³-hybridized carbons (Fsp3) is 0.100. The first-order chi connectivity index (χ1) is 5.79. The van der Waals surface area contributed by atoms with Gasteiger partial charge < -0.3 is 5.73 Å². The summed E-state index contributed by atoms with van der Waals surface area (Å²) in [5.41, 5.74) is 7.79. The van der Waals surface area contributed by atoms with Gasteiger partial charge in [-0.1, -0.05) is 12.1 Å². The third-order valence-corrected chi connectivity index (χ3v) is 2.01. The van der Waals surface area contributed by atoms with Crippen molar-refractivity contribution in [3.63, 3.8) is 0 Å². The van der Waals surface area contributed by atoms with Crippen LogP contribution in [0.25, 0.3) is 10.8 Å². The van der Waals surface area contributed by atoms with Crippen molar-refractivity contribution in [1.82, 2.24) is 4.98 Å². The fourth-order valence-corrected chi connectivity index (χ4v) is 1.45. The summed E-state index contributed by atoms with van der Waals surface area (Å²) in [5.74, 6) is 0. The molecule has 0 unspecified atom stereocenters. The van der Waals surface area contributed by atoms with Crippen LogP contribution in [0.15, 0.2) is 30.6 Å². The van der Waals surface area contributed by atoms with Gasteiger partial charge >= 0.3 is 0 Å². The Kier molecular flexibility index (Phi) is 1.47. The van der Waals surface area contributed by atoms with E-state index in [9.17, 15) is 0 Å². The molecule has 0 fully saturated rings. The molecule has 2 N–H and O–H groups in total. The van der Waals surface area contributed by atoms with E-state index in [4.69, 9.17) is 5.73 Å². The maximum atomic E-state index is 5.83. The summed E-state index contributed by atoms with van der Waals surface area (Å²) >= 11 is 0. The van der Waals surface area contributed by atoms with Crippen LogP contribution in [0, 0.1) is 6.92 Å². The molecule has 12 heavy (non-hydrogen) atoms. The molecule has 0 radical (unpaired) electrons. The topological polar surface area (TPSA) is 38.9 Å². The number of benzene rings is 1. The summed E-state index contributed by atoms with van der Waals surface area (Å²) in [5, 5.41) is 2.22. The highest BCUT2D eigenvalue weighted by atomic mass is 14.6. The zero-order valence-corrected chi connectivity index (χ0v) is 6.91. The second-order valence-corrected chi connectivity index (χ2v) is 2.90. The number of aryl methyl sites for hydroxylation is 1. The zero-order chi connectivity index (χ0) is 8.55. The van der Waals surface area contributed by atoms with Gasteiger partial charge in [-0.2, -0.15) is 0 Å². The number of nitrogens with two attached hydrogens (primary N) is 1. The number of hydrogen-bond donors (Lipinski definition) is 1. The number of hydrogen-bond acceptors (Lipinski definition) is 2. The van der Waals surface area contributed by atoms with Gasteiger partial charge in [0.2, 0.25) is 0 Å². The summed E-state index contributed by atoms with van der Waals surface area (Å²) in [6, 6.07) is 5.87. The first-order valence-corrected chi connectivity index (χ1v) is 3.88. The average Bonchev–Trinajstić information content (AvgIpc) is 2.04. The highest BCUT2D eigenvalue weighted by Gasteiger charge is 1.99. The Morgan fingerprint density at radius 3 is 2.83 bits per heavy atom. The second kappa shape index (κ2) is 2.48. The molecule has 0 aliphatic heterocycles. The van der Waals surface area contributed by atoms with E-state index in [2.05, 4.69) is 4.98 Å². The molecule has 0 bridgehead atoms. The Morgan fingerprint density at radius 1 is 1.25 bits per heavy atom. The van der Waals surface area contributed by atoms with E-state index in [-0.39, 0.29) is 0 Å². The smallest absolute Gasteiger partial charge is 0.0397 e. The molecule has 2 rings (SSSR count). The first kappa shape index (κ1) is 7.10. The van der Waals surface area contributed by atoms with E-state index in [1.54, 1.807) is 0 Å². The molecule has 0 spiro atoms. The third kappa shape index (κ3) is 0.925. The quantitative estimate of drug-likeness (QED) is 0.596. The van der Waals surface area contributed by atoms with Gasteiger partial charge in [-0.05, 0) is 18.6 Å². The monoisotopic (exact) mass is 158 g/mol. The van der Waals surface area contributed by atoms with Gasteiger partial charge in [-0.3, -0.25) is 4.98 Å². The fourth-order valence-electron chi connectivity index (χ4n) is 1.45. The molecule has 0 saturated heterocycles. The Labute approximate surface area is 71.0 Å². The third-order valence-electron chi connectivity index (χ3n) is 2.01. The van der Waals surface area contributed by atoms with Gasteiger partial charge in [0.25, 0.3) is 0 Å². The van der Waals surface area contributed by atoms with Crippen LogP contribution >= 0.6 is 0 Å². The van der Waals surface area contributed by atoms with Crippen molar-refractivity contribution < 1.29 is 0 Å². The van der Waals surface area contributed by atoms with Crippen molar-refractivity contribution in [2.75, 3.05) is 5.73 Å². The van der Waals surface area contributed by atoms with Crippen LogP contribution in [0.4, 0.5) is 5.69 Å². The lowest BCUT2D eigenvalue weighted by Gasteiger charge is -2.03. The molecule has 0 saturated carbocycles. The maximum Gasteiger partial charge on any atom is 0.0397 e. The largest absolute Gasteiger partial charge is 0.398 e. The van der Waals surface area contributed by atoms with Gasteiger partial charge in [-0.25, -0.2) is 0 Å². The SMILES string of the molecule is Cc1cncc2cccc(N)c12. The van der Waals surface area contributed by atoms with E-state index in [0.717, 1.165) is 22.0 Å². The molecule has 2 heteroatoms. The van der Waals surface area contributed by atoms with Crippen molar-refractivity contribution in [3.8, 4) is 0 Å². The van der Waals surface area contributed by atoms with Crippen molar-refractivity contribution in [1.29, 1.82) is 0 Å². The lowest BCUT2D eigenvalue weighted by molar-refractivity contribution is 1.31. The van der Waals surface area contributed by atoms with Crippen LogP contribution < -0.4 is 5.73 Å². The number of nitrogens with zero attached hydrogens (tertiary/aromatic N) is 1.